The summed E-state index contributed by atoms with van der Waals surface area (Å²) in [5, 5.41) is 9.87. The number of pyridine rings is 1. The van der Waals surface area contributed by atoms with Crippen molar-refractivity contribution in [1.29, 1.82) is 5.26 Å². The van der Waals surface area contributed by atoms with Crippen molar-refractivity contribution in [2.24, 2.45) is 0 Å². The molecule has 1 aromatic heterocycles. The molecule has 0 unspecified atom stereocenters. The number of anilines is 1. The molecule has 2 aromatic carbocycles. The summed E-state index contributed by atoms with van der Waals surface area (Å²) in [6.07, 6.45) is 0. The predicted octanol–water partition coefficient (Wildman–Crippen LogP) is 4.20. The molecule has 0 aliphatic rings. The number of nitrogens with two attached hydrogens (primary N) is 1. The van der Waals surface area contributed by atoms with Gasteiger partial charge in [0.1, 0.15) is 34.7 Å². The highest BCUT2D eigenvalue weighted by atomic mass is 16.5. The van der Waals surface area contributed by atoms with E-state index in [0.29, 0.717) is 34.1 Å². The second-order valence-electron chi connectivity index (χ2n) is 6.09. The Morgan fingerprint density at radius 1 is 0.893 bits per heavy atom. The Balaban J connectivity index is 2.50. The Kier molecular flexibility index (Phi) is 5.37. The molecule has 0 fully saturated rings. The minimum Gasteiger partial charge on any atom is -0.497 e. The normalized spacial score (nSPS) is 10.2. The van der Waals surface area contributed by atoms with E-state index in [1.54, 1.807) is 33.5 Å². The number of hydrogen-bond donors (Lipinski definition) is 1. The smallest absolute Gasteiger partial charge is 0.142 e. The fraction of sp³-hybridized carbons (Fsp3) is 0.182. The van der Waals surface area contributed by atoms with Gasteiger partial charge < -0.3 is 19.9 Å². The first-order chi connectivity index (χ1) is 13.5. The molecule has 142 valence electrons. The van der Waals surface area contributed by atoms with Crippen molar-refractivity contribution >= 4 is 5.82 Å². The Labute approximate surface area is 164 Å². The molecule has 6 heteroatoms. The van der Waals surface area contributed by atoms with Crippen LogP contribution in [0.3, 0.4) is 0 Å². The van der Waals surface area contributed by atoms with Crippen LogP contribution in [0.25, 0.3) is 22.3 Å². The first kappa shape index (κ1) is 19.1. The van der Waals surface area contributed by atoms with Crippen molar-refractivity contribution in [3.05, 3.63) is 53.7 Å². The first-order valence-corrected chi connectivity index (χ1v) is 8.61. The van der Waals surface area contributed by atoms with E-state index in [1.807, 2.05) is 37.3 Å². The molecule has 0 bridgehead atoms. The van der Waals surface area contributed by atoms with Crippen LogP contribution < -0.4 is 19.9 Å². The number of ether oxygens (including phenoxy) is 3. The van der Waals surface area contributed by atoms with Crippen LogP contribution in [0, 0.1) is 18.3 Å². The molecule has 0 spiro atoms. The minimum absolute atomic E-state index is 0.165. The molecule has 0 atom stereocenters. The molecule has 0 radical (unpaired) electrons. The van der Waals surface area contributed by atoms with Crippen LogP contribution in [0.5, 0.6) is 17.2 Å². The van der Waals surface area contributed by atoms with E-state index in [1.165, 1.54) is 0 Å². The summed E-state index contributed by atoms with van der Waals surface area (Å²) in [6, 6.07) is 15.2. The highest BCUT2D eigenvalue weighted by molar-refractivity contribution is 5.94. The van der Waals surface area contributed by atoms with E-state index in [-0.39, 0.29) is 11.4 Å². The van der Waals surface area contributed by atoms with Gasteiger partial charge in [0.15, 0.2) is 0 Å². The quantitative estimate of drug-likeness (QED) is 0.719. The fourth-order valence-electron chi connectivity index (χ4n) is 3.30. The van der Waals surface area contributed by atoms with E-state index < -0.39 is 0 Å². The van der Waals surface area contributed by atoms with Gasteiger partial charge in [-0.1, -0.05) is 18.2 Å². The number of benzene rings is 2. The van der Waals surface area contributed by atoms with Crippen LogP contribution in [0.15, 0.2) is 42.5 Å². The van der Waals surface area contributed by atoms with Gasteiger partial charge >= 0.3 is 0 Å². The zero-order chi connectivity index (χ0) is 20.3. The van der Waals surface area contributed by atoms with Gasteiger partial charge in [-0.25, -0.2) is 4.98 Å². The average Bonchev–Trinajstić information content (AvgIpc) is 2.72. The lowest BCUT2D eigenvalue weighted by molar-refractivity contribution is 0.404. The lowest BCUT2D eigenvalue weighted by Crippen LogP contribution is -2.05. The van der Waals surface area contributed by atoms with Crippen molar-refractivity contribution in [3.63, 3.8) is 0 Å². The molecular formula is C22H21N3O3. The SMILES string of the molecule is COc1ccc(OC)c(-c2c(C#N)c(N)nc(C)c2-c2ccccc2OC)c1. The maximum atomic E-state index is 9.87. The molecule has 0 saturated heterocycles. The molecule has 0 aliphatic heterocycles. The van der Waals surface area contributed by atoms with Gasteiger partial charge in [-0.2, -0.15) is 5.26 Å². The summed E-state index contributed by atoms with van der Waals surface area (Å²) in [4.78, 5) is 4.41. The third kappa shape index (κ3) is 3.19. The molecule has 0 aliphatic carbocycles. The summed E-state index contributed by atoms with van der Waals surface area (Å²) >= 11 is 0. The van der Waals surface area contributed by atoms with E-state index in [2.05, 4.69) is 11.1 Å². The zero-order valence-corrected chi connectivity index (χ0v) is 16.2. The van der Waals surface area contributed by atoms with Crippen LogP contribution in [0.4, 0.5) is 5.82 Å². The first-order valence-electron chi connectivity index (χ1n) is 8.61. The maximum Gasteiger partial charge on any atom is 0.142 e. The largest absolute Gasteiger partial charge is 0.497 e. The molecule has 28 heavy (non-hydrogen) atoms. The number of methoxy groups -OCH3 is 3. The summed E-state index contributed by atoms with van der Waals surface area (Å²) in [7, 11) is 4.78. The lowest BCUT2D eigenvalue weighted by Gasteiger charge is -2.20. The van der Waals surface area contributed by atoms with Crippen molar-refractivity contribution in [2.75, 3.05) is 27.1 Å². The fourth-order valence-corrected chi connectivity index (χ4v) is 3.30. The van der Waals surface area contributed by atoms with Gasteiger partial charge in [0.05, 0.1) is 21.3 Å². The van der Waals surface area contributed by atoms with Crippen LogP contribution in [0.2, 0.25) is 0 Å². The molecule has 2 N–H and O–H groups in total. The standard InChI is InChI=1S/C22H21N3O3/c1-13-20(15-7-5-6-8-18(15)27-3)21(17(12-23)22(24)25-13)16-11-14(26-2)9-10-19(16)28-4/h5-11H,1-4H3,(H2,24,25). The van der Waals surface area contributed by atoms with Gasteiger partial charge in [-0.05, 0) is 31.2 Å². The van der Waals surface area contributed by atoms with Gasteiger partial charge in [0.25, 0.3) is 0 Å². The topological polar surface area (TPSA) is 90.4 Å². The van der Waals surface area contributed by atoms with Crippen LogP contribution in [0.1, 0.15) is 11.3 Å². The second kappa shape index (κ2) is 7.89. The predicted molar refractivity (Wildman–Crippen MR) is 109 cm³/mol. The van der Waals surface area contributed by atoms with Crippen molar-refractivity contribution in [3.8, 4) is 45.6 Å². The van der Waals surface area contributed by atoms with Gasteiger partial charge in [-0.3, -0.25) is 0 Å². The Morgan fingerprint density at radius 3 is 2.21 bits per heavy atom. The highest BCUT2D eigenvalue weighted by Crippen LogP contribution is 2.45. The van der Waals surface area contributed by atoms with Crippen molar-refractivity contribution in [1.82, 2.24) is 4.98 Å². The number of nitrogens with zero attached hydrogens (tertiary/aromatic N) is 2. The van der Waals surface area contributed by atoms with Gasteiger partial charge in [0, 0.05) is 27.9 Å². The lowest BCUT2D eigenvalue weighted by atomic mass is 9.89. The van der Waals surface area contributed by atoms with E-state index in [0.717, 1.165) is 11.1 Å². The monoisotopic (exact) mass is 375 g/mol. The van der Waals surface area contributed by atoms with Crippen molar-refractivity contribution < 1.29 is 14.2 Å². The zero-order valence-electron chi connectivity index (χ0n) is 16.2. The Morgan fingerprint density at radius 2 is 1.57 bits per heavy atom. The average molecular weight is 375 g/mol. The molecule has 3 aromatic rings. The van der Waals surface area contributed by atoms with Crippen molar-refractivity contribution in [2.45, 2.75) is 6.92 Å². The third-order valence-corrected chi connectivity index (χ3v) is 4.57. The summed E-state index contributed by atoms with van der Waals surface area (Å²) in [5.74, 6) is 2.07. The second-order valence-corrected chi connectivity index (χ2v) is 6.09. The maximum absolute atomic E-state index is 9.87. The number of para-hydroxylation sites is 1. The minimum atomic E-state index is 0.165. The number of nitriles is 1. The van der Waals surface area contributed by atoms with Crippen LogP contribution in [-0.4, -0.2) is 26.3 Å². The molecule has 3 rings (SSSR count). The molecule has 1 heterocycles. The molecule has 0 amide bonds. The third-order valence-electron chi connectivity index (χ3n) is 4.57. The van der Waals surface area contributed by atoms with Crippen LogP contribution >= 0.6 is 0 Å². The molecule has 0 saturated carbocycles. The van der Waals surface area contributed by atoms with E-state index in [9.17, 15) is 5.26 Å². The van der Waals surface area contributed by atoms with E-state index in [4.69, 9.17) is 19.9 Å². The highest BCUT2D eigenvalue weighted by Gasteiger charge is 2.24. The number of aryl methyl sites for hydroxylation is 1. The number of hydrogen-bond acceptors (Lipinski definition) is 6. The Hall–Kier alpha value is -3.72. The van der Waals surface area contributed by atoms with Gasteiger partial charge in [-0.15, -0.1) is 0 Å². The van der Waals surface area contributed by atoms with Gasteiger partial charge in [0.2, 0.25) is 0 Å². The van der Waals surface area contributed by atoms with E-state index >= 15 is 0 Å². The number of aromatic nitrogens is 1. The van der Waals surface area contributed by atoms with Crippen LogP contribution in [-0.2, 0) is 0 Å². The summed E-state index contributed by atoms with van der Waals surface area (Å²) in [6.45, 7) is 1.86. The number of rotatable bonds is 5. The molecular weight excluding hydrogens is 354 g/mol. The Bertz CT molecular complexity index is 1070. The summed E-state index contributed by atoms with van der Waals surface area (Å²) < 4.78 is 16.5. The molecule has 6 nitrogen and oxygen atoms in total. The number of nitrogen functional groups attached to an aromatic ring is 1. The summed E-state index contributed by atoms with van der Waals surface area (Å²) in [5.41, 5.74) is 9.96.